The minimum atomic E-state index is -0.408. The van der Waals surface area contributed by atoms with E-state index in [0.29, 0.717) is 17.8 Å². The monoisotopic (exact) mass is 334 g/mol. The van der Waals surface area contributed by atoms with Crippen LogP contribution in [0.4, 0.5) is 0 Å². The Morgan fingerprint density at radius 1 is 1.21 bits per heavy atom. The van der Waals surface area contributed by atoms with Crippen LogP contribution >= 0.6 is 0 Å². The Kier molecular flexibility index (Phi) is 4.18. The van der Waals surface area contributed by atoms with Crippen molar-refractivity contribution in [3.05, 3.63) is 11.6 Å². The summed E-state index contributed by atoms with van der Waals surface area (Å²) in [5, 5.41) is 0. The SMILES string of the molecule is COC(=O)C[C@@]1(C)CC[C@@]2(O1)C(C)=CC[C@@H]1C(C)(C)CCC[C@@]12C. The Hall–Kier alpha value is -0.830. The zero-order valence-corrected chi connectivity index (χ0v) is 16.3. The lowest BCUT2D eigenvalue weighted by molar-refractivity contribution is -0.193. The quantitative estimate of drug-likeness (QED) is 0.524. The maximum absolute atomic E-state index is 11.9. The van der Waals surface area contributed by atoms with Crippen LogP contribution in [0.1, 0.15) is 79.6 Å². The fraction of sp³-hybridized carbons (Fsp3) is 0.857. The van der Waals surface area contributed by atoms with Crippen LogP contribution in [-0.4, -0.2) is 24.3 Å². The summed E-state index contributed by atoms with van der Waals surface area (Å²) in [4.78, 5) is 11.9. The van der Waals surface area contributed by atoms with E-state index in [0.717, 1.165) is 19.3 Å². The van der Waals surface area contributed by atoms with E-state index in [4.69, 9.17) is 9.47 Å². The van der Waals surface area contributed by atoms with Crippen molar-refractivity contribution in [2.24, 2.45) is 16.7 Å². The normalized spacial score (nSPS) is 44.1. The summed E-state index contributed by atoms with van der Waals surface area (Å²) >= 11 is 0. The Morgan fingerprint density at radius 2 is 1.92 bits per heavy atom. The van der Waals surface area contributed by atoms with Gasteiger partial charge in [0.2, 0.25) is 0 Å². The Labute approximate surface area is 147 Å². The van der Waals surface area contributed by atoms with Crippen LogP contribution in [0.3, 0.4) is 0 Å². The highest BCUT2D eigenvalue weighted by Crippen LogP contribution is 2.66. The summed E-state index contributed by atoms with van der Waals surface area (Å²) in [7, 11) is 1.46. The molecule has 24 heavy (non-hydrogen) atoms. The molecule has 3 nitrogen and oxygen atoms in total. The molecule has 1 saturated carbocycles. The fourth-order valence-corrected chi connectivity index (χ4v) is 6.24. The van der Waals surface area contributed by atoms with Crippen molar-refractivity contribution in [2.75, 3.05) is 7.11 Å². The second-order valence-corrected chi connectivity index (χ2v) is 9.57. The van der Waals surface area contributed by atoms with E-state index in [1.165, 1.54) is 31.9 Å². The first-order valence-corrected chi connectivity index (χ1v) is 9.53. The molecule has 0 unspecified atom stereocenters. The minimum Gasteiger partial charge on any atom is -0.469 e. The van der Waals surface area contributed by atoms with Crippen LogP contribution in [0.5, 0.6) is 0 Å². The molecule has 0 bridgehead atoms. The van der Waals surface area contributed by atoms with E-state index < -0.39 is 5.60 Å². The smallest absolute Gasteiger partial charge is 0.308 e. The number of rotatable bonds is 2. The zero-order chi connectivity index (χ0) is 17.8. The molecule has 0 aromatic rings. The van der Waals surface area contributed by atoms with Gasteiger partial charge in [-0.2, -0.15) is 0 Å². The van der Waals surface area contributed by atoms with E-state index in [-0.39, 0.29) is 17.0 Å². The second-order valence-electron chi connectivity index (χ2n) is 9.57. The molecule has 3 aliphatic rings. The largest absolute Gasteiger partial charge is 0.469 e. The molecule has 2 fully saturated rings. The molecule has 136 valence electrons. The van der Waals surface area contributed by atoms with Gasteiger partial charge in [-0.1, -0.05) is 33.3 Å². The summed E-state index contributed by atoms with van der Waals surface area (Å²) in [6.45, 7) is 11.7. The fourth-order valence-electron chi connectivity index (χ4n) is 6.24. The van der Waals surface area contributed by atoms with Crippen LogP contribution in [-0.2, 0) is 14.3 Å². The van der Waals surface area contributed by atoms with Gasteiger partial charge in [-0.3, -0.25) is 4.79 Å². The number of fused-ring (bicyclic) bond motifs is 2. The lowest BCUT2D eigenvalue weighted by Crippen LogP contribution is -2.59. The molecule has 1 heterocycles. The number of hydrogen-bond acceptors (Lipinski definition) is 3. The highest BCUT2D eigenvalue weighted by Gasteiger charge is 2.64. The topological polar surface area (TPSA) is 35.5 Å². The van der Waals surface area contributed by atoms with Crippen molar-refractivity contribution >= 4 is 5.97 Å². The summed E-state index contributed by atoms with van der Waals surface area (Å²) in [6, 6.07) is 0. The Morgan fingerprint density at radius 3 is 2.58 bits per heavy atom. The van der Waals surface area contributed by atoms with Crippen molar-refractivity contribution in [3.8, 4) is 0 Å². The maximum Gasteiger partial charge on any atom is 0.308 e. The highest BCUT2D eigenvalue weighted by molar-refractivity contribution is 5.70. The van der Waals surface area contributed by atoms with E-state index >= 15 is 0 Å². The first kappa shape index (κ1) is 18.0. The third kappa shape index (κ3) is 2.46. The lowest BCUT2D eigenvalue weighted by atomic mass is 9.46. The van der Waals surface area contributed by atoms with Crippen LogP contribution in [0, 0.1) is 16.7 Å². The van der Waals surface area contributed by atoms with Gasteiger partial charge in [0.25, 0.3) is 0 Å². The number of carbonyl (C=O) groups excluding carboxylic acids is 1. The average Bonchev–Trinajstić information content (AvgIpc) is 2.83. The number of ether oxygens (including phenoxy) is 2. The minimum absolute atomic E-state index is 0.154. The molecule has 0 aromatic heterocycles. The molecule has 4 atom stereocenters. The van der Waals surface area contributed by atoms with Gasteiger partial charge in [-0.25, -0.2) is 0 Å². The van der Waals surface area contributed by atoms with Gasteiger partial charge in [0.15, 0.2) is 0 Å². The molecule has 1 spiro atoms. The van der Waals surface area contributed by atoms with Gasteiger partial charge in [-0.05, 0) is 62.9 Å². The van der Waals surface area contributed by atoms with Crippen molar-refractivity contribution in [1.82, 2.24) is 0 Å². The number of hydrogen-bond donors (Lipinski definition) is 0. The van der Waals surface area contributed by atoms with Gasteiger partial charge in [-0.15, -0.1) is 0 Å². The Balaban J connectivity index is 1.98. The molecule has 0 radical (unpaired) electrons. The molecular weight excluding hydrogens is 300 g/mol. The van der Waals surface area contributed by atoms with E-state index in [1.54, 1.807) is 0 Å². The van der Waals surface area contributed by atoms with Crippen LogP contribution in [0.15, 0.2) is 11.6 Å². The number of esters is 1. The molecule has 1 aliphatic heterocycles. The third-order valence-electron chi connectivity index (χ3n) is 7.62. The first-order chi connectivity index (χ1) is 11.1. The van der Waals surface area contributed by atoms with Gasteiger partial charge in [0, 0.05) is 5.41 Å². The second kappa shape index (κ2) is 5.59. The summed E-state index contributed by atoms with van der Waals surface area (Å²) < 4.78 is 11.8. The maximum atomic E-state index is 11.9. The predicted molar refractivity (Wildman–Crippen MR) is 95.7 cm³/mol. The predicted octanol–water partition coefficient (Wildman–Crippen LogP) is 5.04. The van der Waals surface area contributed by atoms with Crippen molar-refractivity contribution < 1.29 is 14.3 Å². The van der Waals surface area contributed by atoms with Gasteiger partial charge in [0.1, 0.15) is 0 Å². The average molecular weight is 335 g/mol. The molecule has 0 aromatic carbocycles. The molecule has 2 aliphatic carbocycles. The molecule has 1 saturated heterocycles. The zero-order valence-electron chi connectivity index (χ0n) is 16.3. The van der Waals surface area contributed by atoms with Gasteiger partial charge < -0.3 is 9.47 Å². The number of carbonyl (C=O) groups is 1. The highest BCUT2D eigenvalue weighted by atomic mass is 16.5. The molecule has 3 rings (SSSR count). The molecule has 0 N–H and O–H groups in total. The molecule has 0 amide bonds. The van der Waals surface area contributed by atoms with Crippen LogP contribution < -0.4 is 0 Å². The van der Waals surface area contributed by atoms with E-state index in [1.807, 2.05) is 0 Å². The number of allylic oxidation sites excluding steroid dienone is 1. The van der Waals surface area contributed by atoms with E-state index in [9.17, 15) is 4.79 Å². The van der Waals surface area contributed by atoms with Crippen molar-refractivity contribution in [2.45, 2.75) is 90.8 Å². The van der Waals surface area contributed by atoms with Crippen molar-refractivity contribution in [3.63, 3.8) is 0 Å². The van der Waals surface area contributed by atoms with Gasteiger partial charge in [0.05, 0.1) is 24.7 Å². The van der Waals surface area contributed by atoms with Crippen molar-refractivity contribution in [1.29, 1.82) is 0 Å². The van der Waals surface area contributed by atoms with Gasteiger partial charge >= 0.3 is 5.97 Å². The lowest BCUT2D eigenvalue weighted by Gasteiger charge is -2.61. The van der Waals surface area contributed by atoms with Crippen LogP contribution in [0.25, 0.3) is 0 Å². The van der Waals surface area contributed by atoms with E-state index in [2.05, 4.69) is 40.7 Å². The summed E-state index contributed by atoms with van der Waals surface area (Å²) in [5.41, 5.74) is 1.27. The summed E-state index contributed by atoms with van der Waals surface area (Å²) in [6.07, 6.45) is 9.67. The van der Waals surface area contributed by atoms with Crippen LogP contribution in [0.2, 0.25) is 0 Å². The molecule has 3 heteroatoms. The standard InChI is InChI=1S/C21H34O3/c1-15-8-9-16-18(2,3)10-7-11-20(16,5)21(15)13-12-19(4,24-21)14-17(22)23-6/h8,16H,7,9-14H2,1-6H3/t16-,19-,20+,21-/m1/s1. The summed E-state index contributed by atoms with van der Waals surface area (Å²) in [5.74, 6) is 0.473. The first-order valence-electron chi connectivity index (χ1n) is 9.53. The molecular formula is C21H34O3. The number of methoxy groups -OCH3 is 1. The third-order valence-corrected chi connectivity index (χ3v) is 7.62. The Bertz CT molecular complexity index is 563.